The highest BCUT2D eigenvalue weighted by Gasteiger charge is 2.22. The van der Waals surface area contributed by atoms with Gasteiger partial charge in [-0.3, -0.25) is 4.72 Å². The third kappa shape index (κ3) is 3.27. The van der Waals surface area contributed by atoms with Crippen LogP contribution in [0.1, 0.15) is 0 Å². The van der Waals surface area contributed by atoms with Crippen LogP contribution < -0.4 is 4.72 Å². The van der Waals surface area contributed by atoms with E-state index in [1.54, 1.807) is 6.07 Å². The summed E-state index contributed by atoms with van der Waals surface area (Å²) < 4.78 is 26.5. The first-order chi connectivity index (χ1) is 8.90. The van der Waals surface area contributed by atoms with E-state index in [-0.39, 0.29) is 25.9 Å². The van der Waals surface area contributed by atoms with Gasteiger partial charge in [0.05, 0.1) is 22.4 Å². The fourth-order valence-corrected chi connectivity index (χ4v) is 3.53. The van der Waals surface area contributed by atoms with Crippen LogP contribution >= 0.6 is 34.8 Å². The van der Waals surface area contributed by atoms with Crippen LogP contribution in [0.5, 0.6) is 0 Å². The van der Waals surface area contributed by atoms with Crippen molar-refractivity contribution in [3.8, 4) is 0 Å². The lowest BCUT2D eigenvalue weighted by atomic mass is 10.4. The molecule has 1 aromatic carbocycles. The van der Waals surface area contributed by atoms with Gasteiger partial charge in [-0.25, -0.2) is 18.4 Å². The first-order valence-electron chi connectivity index (χ1n) is 4.84. The Labute approximate surface area is 124 Å². The van der Waals surface area contributed by atoms with E-state index in [2.05, 4.69) is 14.7 Å². The number of halogens is 3. The second kappa shape index (κ2) is 5.50. The molecule has 2 rings (SSSR count). The van der Waals surface area contributed by atoms with E-state index in [0.717, 1.165) is 0 Å². The van der Waals surface area contributed by atoms with Gasteiger partial charge in [-0.1, -0.05) is 40.9 Å². The van der Waals surface area contributed by atoms with E-state index in [1.807, 2.05) is 0 Å². The lowest BCUT2D eigenvalue weighted by Gasteiger charge is -2.09. The predicted octanol–water partition coefficient (Wildman–Crippen LogP) is 3.24. The maximum absolute atomic E-state index is 12.1. The molecule has 0 bridgehead atoms. The van der Waals surface area contributed by atoms with E-state index in [0.29, 0.717) is 0 Å². The minimum atomic E-state index is -3.95. The van der Waals surface area contributed by atoms with Gasteiger partial charge in [-0.05, 0) is 12.1 Å². The number of rotatable bonds is 3. The van der Waals surface area contributed by atoms with Gasteiger partial charge in [0.25, 0.3) is 10.0 Å². The Morgan fingerprint density at radius 1 is 1.00 bits per heavy atom. The SMILES string of the molecule is O=S(=O)(Nc1cnc(Cl)cn1)c1c(Cl)cccc1Cl. The van der Waals surface area contributed by atoms with Gasteiger partial charge in [0.1, 0.15) is 10.0 Å². The second-order valence-corrected chi connectivity index (χ2v) is 6.20. The monoisotopic (exact) mass is 337 g/mol. The highest BCUT2D eigenvalue weighted by Crippen LogP contribution is 2.30. The van der Waals surface area contributed by atoms with Crippen LogP contribution in [0.4, 0.5) is 5.82 Å². The number of nitrogens with zero attached hydrogens (tertiary/aromatic N) is 2. The average molecular weight is 339 g/mol. The van der Waals surface area contributed by atoms with Crippen LogP contribution in [-0.4, -0.2) is 18.4 Å². The zero-order valence-electron chi connectivity index (χ0n) is 9.14. The smallest absolute Gasteiger partial charge is 0.262 e. The number of hydrogen-bond acceptors (Lipinski definition) is 4. The molecule has 0 spiro atoms. The molecule has 9 heteroatoms. The molecule has 0 radical (unpaired) electrons. The molecule has 0 unspecified atom stereocenters. The van der Waals surface area contributed by atoms with Crippen LogP contribution in [0, 0.1) is 0 Å². The van der Waals surface area contributed by atoms with Crippen molar-refractivity contribution in [3.05, 3.63) is 45.8 Å². The standard InChI is InChI=1S/C10H6Cl3N3O2S/c11-6-2-1-3-7(12)10(6)19(17,18)16-9-5-14-8(13)4-15-9/h1-5H,(H,15,16). The Morgan fingerprint density at radius 3 is 2.16 bits per heavy atom. The molecule has 1 N–H and O–H groups in total. The van der Waals surface area contributed by atoms with E-state index in [1.165, 1.54) is 24.5 Å². The summed E-state index contributed by atoms with van der Waals surface area (Å²) in [7, 11) is -3.95. The molecule has 19 heavy (non-hydrogen) atoms. The molecule has 0 saturated carbocycles. The lowest BCUT2D eigenvalue weighted by molar-refractivity contribution is 0.601. The summed E-state index contributed by atoms with van der Waals surface area (Å²) in [5, 5.41) is 0.183. The highest BCUT2D eigenvalue weighted by atomic mass is 35.5. The van der Waals surface area contributed by atoms with Crippen molar-refractivity contribution >= 4 is 50.6 Å². The fourth-order valence-electron chi connectivity index (χ4n) is 1.29. The number of anilines is 1. The molecule has 5 nitrogen and oxygen atoms in total. The molecule has 0 aliphatic heterocycles. The van der Waals surface area contributed by atoms with Gasteiger partial charge in [-0.15, -0.1) is 0 Å². The van der Waals surface area contributed by atoms with Gasteiger partial charge in [0.2, 0.25) is 0 Å². The molecule has 0 saturated heterocycles. The third-order valence-corrected chi connectivity index (χ3v) is 4.55. The number of hydrogen-bond donors (Lipinski definition) is 1. The summed E-state index contributed by atoms with van der Waals surface area (Å²) in [6, 6.07) is 4.40. The fraction of sp³-hybridized carbons (Fsp3) is 0. The minimum absolute atomic E-state index is 0.0142. The summed E-state index contributed by atoms with van der Waals surface area (Å²) >= 11 is 17.2. The Kier molecular flexibility index (Phi) is 4.15. The summed E-state index contributed by atoms with van der Waals surface area (Å²) in [5.74, 6) is 0.0142. The van der Waals surface area contributed by atoms with Crippen molar-refractivity contribution in [1.29, 1.82) is 0 Å². The molecule has 0 fully saturated rings. The number of sulfonamides is 1. The van der Waals surface area contributed by atoms with Crippen LogP contribution in [0.25, 0.3) is 0 Å². The molecule has 1 heterocycles. The average Bonchev–Trinajstić information content (AvgIpc) is 2.31. The summed E-state index contributed by atoms with van der Waals surface area (Å²) in [5.41, 5.74) is 0. The van der Waals surface area contributed by atoms with Crippen LogP contribution in [0.2, 0.25) is 15.2 Å². The molecule has 0 aliphatic rings. The molecule has 0 atom stereocenters. The van der Waals surface area contributed by atoms with Crippen molar-refractivity contribution < 1.29 is 8.42 Å². The topological polar surface area (TPSA) is 72.0 Å². The Morgan fingerprint density at radius 2 is 1.63 bits per heavy atom. The van der Waals surface area contributed by atoms with E-state index in [4.69, 9.17) is 34.8 Å². The van der Waals surface area contributed by atoms with E-state index >= 15 is 0 Å². The van der Waals surface area contributed by atoms with E-state index in [9.17, 15) is 8.42 Å². The molecular formula is C10H6Cl3N3O2S. The third-order valence-electron chi connectivity index (χ3n) is 2.05. The van der Waals surface area contributed by atoms with E-state index < -0.39 is 10.0 Å². The quantitative estimate of drug-likeness (QED) is 0.932. The first-order valence-corrected chi connectivity index (χ1v) is 7.46. The molecule has 100 valence electrons. The molecule has 1 aromatic heterocycles. The van der Waals surface area contributed by atoms with Crippen LogP contribution in [0.3, 0.4) is 0 Å². The second-order valence-electron chi connectivity index (χ2n) is 3.38. The van der Waals surface area contributed by atoms with Gasteiger partial charge in [-0.2, -0.15) is 0 Å². The van der Waals surface area contributed by atoms with Crippen molar-refractivity contribution in [2.75, 3.05) is 4.72 Å². The largest absolute Gasteiger partial charge is 0.266 e. The summed E-state index contributed by atoms with van der Waals surface area (Å²) in [6.45, 7) is 0. The normalized spacial score (nSPS) is 11.3. The maximum atomic E-state index is 12.1. The van der Waals surface area contributed by atoms with Crippen molar-refractivity contribution in [1.82, 2.24) is 9.97 Å². The molecule has 2 aromatic rings. The molecular weight excluding hydrogens is 333 g/mol. The van der Waals surface area contributed by atoms with Gasteiger partial charge < -0.3 is 0 Å². The zero-order chi connectivity index (χ0) is 14.0. The van der Waals surface area contributed by atoms with Gasteiger partial charge in [0, 0.05) is 0 Å². The Bertz CT molecular complexity index is 684. The number of benzene rings is 1. The van der Waals surface area contributed by atoms with Crippen molar-refractivity contribution in [2.45, 2.75) is 4.90 Å². The summed E-state index contributed by atoms with van der Waals surface area (Å²) in [4.78, 5) is 7.28. The Balaban J connectivity index is 2.41. The van der Waals surface area contributed by atoms with Crippen LogP contribution in [-0.2, 0) is 10.0 Å². The predicted molar refractivity (Wildman–Crippen MR) is 74.3 cm³/mol. The molecule has 0 aliphatic carbocycles. The lowest BCUT2D eigenvalue weighted by Crippen LogP contribution is -2.15. The minimum Gasteiger partial charge on any atom is -0.262 e. The van der Waals surface area contributed by atoms with Crippen LogP contribution in [0.15, 0.2) is 35.5 Å². The molecule has 0 amide bonds. The van der Waals surface area contributed by atoms with Crippen molar-refractivity contribution in [3.63, 3.8) is 0 Å². The highest BCUT2D eigenvalue weighted by molar-refractivity contribution is 7.93. The number of nitrogens with one attached hydrogen (secondary N) is 1. The van der Waals surface area contributed by atoms with Gasteiger partial charge >= 0.3 is 0 Å². The summed E-state index contributed by atoms with van der Waals surface area (Å²) in [6.07, 6.45) is 2.40. The van der Waals surface area contributed by atoms with Gasteiger partial charge in [0.15, 0.2) is 5.82 Å². The Hall–Kier alpha value is -1.08. The zero-order valence-corrected chi connectivity index (χ0v) is 12.2. The number of aromatic nitrogens is 2. The maximum Gasteiger partial charge on any atom is 0.266 e. The first kappa shape index (κ1) is 14.3. The van der Waals surface area contributed by atoms with Crippen molar-refractivity contribution in [2.24, 2.45) is 0 Å².